The Morgan fingerprint density at radius 1 is 1.92 bits per heavy atom. The molecule has 0 unspecified atom stereocenters. The fourth-order valence-corrected chi connectivity index (χ4v) is 1.39. The van der Waals surface area contributed by atoms with Crippen molar-refractivity contribution in [2.75, 3.05) is 6.54 Å². The molecule has 1 rings (SSSR count). The van der Waals surface area contributed by atoms with Crippen LogP contribution in [0.5, 0.6) is 0 Å². The van der Waals surface area contributed by atoms with Crippen molar-refractivity contribution in [3.05, 3.63) is 0 Å². The molecule has 2 atom stereocenters. The number of nitrogens with two attached hydrogens (primary N) is 1. The Balaban J connectivity index is 2.67. The molecule has 0 spiro atoms. The van der Waals surface area contributed by atoms with Gasteiger partial charge in [0.1, 0.15) is 6.04 Å². The number of likely N-dealkylation sites (N-methyl/N-ethyl adjacent to an activating group) is 1. The van der Waals surface area contributed by atoms with Crippen molar-refractivity contribution in [3.8, 4) is 0 Å². The van der Waals surface area contributed by atoms with Crippen LogP contribution in [-0.4, -0.2) is 40.6 Å². The summed E-state index contributed by atoms with van der Waals surface area (Å²) in [6, 6.07) is -1.45. The van der Waals surface area contributed by atoms with E-state index in [2.05, 4.69) is 5.43 Å². The summed E-state index contributed by atoms with van der Waals surface area (Å²) in [5.41, 5.74) is 7.96. The van der Waals surface area contributed by atoms with Crippen LogP contribution in [0.15, 0.2) is 0 Å². The first-order valence-electron chi connectivity index (χ1n) is 4.10. The molecule has 6 nitrogen and oxygen atoms in total. The highest BCUT2D eigenvalue weighted by molar-refractivity contribution is 5.81. The summed E-state index contributed by atoms with van der Waals surface area (Å²) in [6.45, 7) is 2.38. The van der Waals surface area contributed by atoms with E-state index in [0.717, 1.165) is 0 Å². The minimum atomic E-state index is -1.08. The number of hydrogen-bond donors (Lipinski definition) is 3. The minimum absolute atomic E-state index is 0.154. The van der Waals surface area contributed by atoms with Gasteiger partial charge in [-0.1, -0.05) is 6.92 Å². The lowest BCUT2D eigenvalue weighted by molar-refractivity contribution is -0.140. The van der Waals surface area contributed by atoms with Crippen LogP contribution in [0.25, 0.3) is 0 Å². The summed E-state index contributed by atoms with van der Waals surface area (Å²) >= 11 is 0. The van der Waals surface area contributed by atoms with Gasteiger partial charge in [0.2, 0.25) is 5.91 Å². The van der Waals surface area contributed by atoms with Crippen LogP contribution in [0.3, 0.4) is 0 Å². The van der Waals surface area contributed by atoms with Crippen molar-refractivity contribution < 1.29 is 14.7 Å². The van der Waals surface area contributed by atoms with E-state index in [4.69, 9.17) is 10.8 Å². The first kappa shape index (κ1) is 9.94. The summed E-state index contributed by atoms with van der Waals surface area (Å²) in [7, 11) is 0. The molecule has 0 saturated carbocycles. The summed E-state index contributed by atoms with van der Waals surface area (Å²) in [4.78, 5) is 21.5. The maximum atomic E-state index is 10.9. The van der Waals surface area contributed by atoms with Crippen LogP contribution in [0, 0.1) is 0 Å². The topological polar surface area (TPSA) is 95.7 Å². The summed E-state index contributed by atoms with van der Waals surface area (Å²) < 4.78 is 0. The predicted molar refractivity (Wildman–Crippen MR) is 44.5 cm³/mol. The third-order valence-electron chi connectivity index (χ3n) is 2.10. The van der Waals surface area contributed by atoms with Gasteiger partial charge in [-0.05, 0) is 0 Å². The molecule has 13 heavy (non-hydrogen) atoms. The standard InChI is InChI=1S/C7H13N3O3/c1-2-10-4(3-5(11)9-10)6(8)7(12)13/h4,6H,2-3,8H2,1H3,(H,9,11)(H,12,13)/t4-,6+/m1/s1. The number of hydrazine groups is 1. The number of hydrogen-bond acceptors (Lipinski definition) is 4. The van der Waals surface area contributed by atoms with E-state index in [1.807, 2.05) is 6.92 Å². The molecule has 0 bridgehead atoms. The van der Waals surface area contributed by atoms with Crippen molar-refractivity contribution in [2.45, 2.75) is 25.4 Å². The van der Waals surface area contributed by atoms with Gasteiger partial charge in [-0.3, -0.25) is 15.0 Å². The van der Waals surface area contributed by atoms with Gasteiger partial charge in [-0.2, -0.15) is 0 Å². The summed E-state index contributed by atoms with van der Waals surface area (Å²) in [5, 5.41) is 10.2. The molecule has 1 aliphatic rings. The molecule has 4 N–H and O–H groups in total. The maximum Gasteiger partial charge on any atom is 0.322 e. The van der Waals surface area contributed by atoms with Crippen molar-refractivity contribution >= 4 is 11.9 Å². The average molecular weight is 187 g/mol. The summed E-state index contributed by atoms with van der Waals surface area (Å²) in [5.74, 6) is -1.26. The Kier molecular flexibility index (Phi) is 2.84. The summed E-state index contributed by atoms with van der Waals surface area (Å²) in [6.07, 6.45) is 0.154. The molecule has 0 aromatic heterocycles. The normalized spacial score (nSPS) is 25.7. The van der Waals surface area contributed by atoms with E-state index in [0.29, 0.717) is 6.54 Å². The van der Waals surface area contributed by atoms with Crippen LogP contribution >= 0.6 is 0 Å². The monoisotopic (exact) mass is 187 g/mol. The predicted octanol–water partition coefficient (Wildman–Crippen LogP) is -1.48. The van der Waals surface area contributed by atoms with E-state index < -0.39 is 18.1 Å². The second kappa shape index (κ2) is 3.71. The Labute approximate surface area is 75.7 Å². The number of rotatable bonds is 3. The molecule has 1 heterocycles. The van der Waals surface area contributed by atoms with Gasteiger partial charge in [-0.15, -0.1) is 0 Å². The van der Waals surface area contributed by atoms with E-state index in [9.17, 15) is 9.59 Å². The van der Waals surface area contributed by atoms with E-state index >= 15 is 0 Å². The van der Waals surface area contributed by atoms with Crippen LogP contribution in [0.1, 0.15) is 13.3 Å². The first-order valence-corrected chi connectivity index (χ1v) is 4.10. The zero-order valence-corrected chi connectivity index (χ0v) is 7.36. The quantitative estimate of drug-likeness (QED) is 0.501. The zero-order valence-electron chi connectivity index (χ0n) is 7.36. The number of aliphatic carboxylic acids is 1. The third kappa shape index (κ3) is 1.96. The Morgan fingerprint density at radius 3 is 3.00 bits per heavy atom. The van der Waals surface area contributed by atoms with Crippen molar-refractivity contribution in [2.24, 2.45) is 5.73 Å². The van der Waals surface area contributed by atoms with Crippen LogP contribution in [0.2, 0.25) is 0 Å². The molecule has 74 valence electrons. The Bertz CT molecular complexity index is 229. The van der Waals surface area contributed by atoms with Gasteiger partial charge in [0.05, 0.1) is 6.04 Å². The van der Waals surface area contributed by atoms with E-state index in [1.165, 1.54) is 0 Å². The minimum Gasteiger partial charge on any atom is -0.480 e. The fraction of sp³-hybridized carbons (Fsp3) is 0.714. The van der Waals surface area contributed by atoms with E-state index in [-0.39, 0.29) is 12.3 Å². The molecule has 0 aromatic carbocycles. The third-order valence-corrected chi connectivity index (χ3v) is 2.10. The molecule has 0 aromatic rings. The second-order valence-electron chi connectivity index (χ2n) is 2.96. The van der Waals surface area contributed by atoms with Crippen molar-refractivity contribution in [1.29, 1.82) is 0 Å². The average Bonchev–Trinajstić information content (AvgIpc) is 2.45. The Hall–Kier alpha value is -1.14. The molecular formula is C7H13N3O3. The van der Waals surface area contributed by atoms with Crippen molar-refractivity contribution in [1.82, 2.24) is 10.4 Å². The molecule has 0 radical (unpaired) electrons. The molecule has 1 saturated heterocycles. The van der Waals surface area contributed by atoms with Gasteiger partial charge in [0.15, 0.2) is 0 Å². The maximum absolute atomic E-state index is 10.9. The molecular weight excluding hydrogens is 174 g/mol. The number of carbonyl (C=O) groups is 2. The fourth-order valence-electron chi connectivity index (χ4n) is 1.39. The largest absolute Gasteiger partial charge is 0.480 e. The number of carbonyl (C=O) groups excluding carboxylic acids is 1. The van der Waals surface area contributed by atoms with Gasteiger partial charge in [0, 0.05) is 13.0 Å². The van der Waals surface area contributed by atoms with Gasteiger partial charge < -0.3 is 10.8 Å². The SMILES string of the molecule is CCN1NC(=O)C[C@@H]1[C@H](N)C(=O)O. The molecule has 1 aliphatic heterocycles. The highest BCUT2D eigenvalue weighted by Crippen LogP contribution is 2.12. The number of carboxylic acids is 1. The number of nitrogens with one attached hydrogen (secondary N) is 1. The lowest BCUT2D eigenvalue weighted by Crippen LogP contribution is -2.51. The van der Waals surface area contributed by atoms with Gasteiger partial charge in [-0.25, -0.2) is 5.01 Å². The molecule has 1 amide bonds. The smallest absolute Gasteiger partial charge is 0.322 e. The molecule has 6 heteroatoms. The van der Waals surface area contributed by atoms with Crippen LogP contribution in [0.4, 0.5) is 0 Å². The number of amides is 1. The van der Waals surface area contributed by atoms with Crippen molar-refractivity contribution in [3.63, 3.8) is 0 Å². The zero-order chi connectivity index (χ0) is 10.0. The number of carboxylic acid groups (broad SMARTS) is 1. The molecule has 1 fully saturated rings. The highest BCUT2D eigenvalue weighted by atomic mass is 16.4. The number of nitrogens with zero attached hydrogens (tertiary/aromatic N) is 1. The Morgan fingerprint density at radius 2 is 2.54 bits per heavy atom. The second-order valence-corrected chi connectivity index (χ2v) is 2.96. The molecule has 0 aliphatic carbocycles. The first-order chi connectivity index (χ1) is 6.06. The van der Waals surface area contributed by atoms with Crippen LogP contribution in [-0.2, 0) is 9.59 Å². The van der Waals surface area contributed by atoms with Crippen LogP contribution < -0.4 is 11.2 Å². The van der Waals surface area contributed by atoms with Gasteiger partial charge in [0.25, 0.3) is 0 Å². The highest BCUT2D eigenvalue weighted by Gasteiger charge is 2.36. The lowest BCUT2D eigenvalue weighted by atomic mass is 10.1. The van der Waals surface area contributed by atoms with Gasteiger partial charge >= 0.3 is 5.97 Å². The van der Waals surface area contributed by atoms with E-state index in [1.54, 1.807) is 5.01 Å². The lowest BCUT2D eigenvalue weighted by Gasteiger charge is -2.23.